The minimum absolute atomic E-state index is 0. The van der Waals surface area contributed by atoms with Gasteiger partial charge in [0.1, 0.15) is 0 Å². The maximum atomic E-state index is 10.8. The Morgan fingerprint density at radius 3 is 2.50 bits per heavy atom. The van der Waals surface area contributed by atoms with E-state index in [1.54, 1.807) is 12.1 Å². The zero-order valence-corrected chi connectivity index (χ0v) is 15.7. The summed E-state index contributed by atoms with van der Waals surface area (Å²) in [5, 5.41) is 15.3. The maximum absolute atomic E-state index is 10.8. The van der Waals surface area contributed by atoms with E-state index < -0.39 is 5.91 Å². The number of benzene rings is 1. The summed E-state index contributed by atoms with van der Waals surface area (Å²) in [5.74, 6) is 0.166. The summed E-state index contributed by atoms with van der Waals surface area (Å²) < 4.78 is 10.5. The summed E-state index contributed by atoms with van der Waals surface area (Å²) in [5.41, 5.74) is 5.97. The van der Waals surface area contributed by atoms with E-state index in [1.165, 1.54) is 7.11 Å². The molecule has 0 aliphatic heterocycles. The number of hydrogen-bond acceptors (Lipinski definition) is 6. The molecule has 10 heteroatoms. The average molecular weight is 405 g/mol. The van der Waals surface area contributed by atoms with Crippen molar-refractivity contribution < 1.29 is 19.4 Å². The van der Waals surface area contributed by atoms with Crippen molar-refractivity contribution in [2.24, 2.45) is 5.73 Å². The van der Waals surface area contributed by atoms with E-state index in [9.17, 15) is 4.79 Å². The Bertz CT molecular complexity index is 493. The Morgan fingerprint density at radius 2 is 1.92 bits per heavy atom. The molecule has 0 bridgehead atoms. The number of primary amides is 1. The molecule has 0 fully saturated rings. The third kappa shape index (κ3) is 9.36. The number of nitrogens with two attached hydrogens (primary N) is 1. The monoisotopic (exact) mass is 403 g/mol. The quantitative estimate of drug-likeness (QED) is 0.405. The van der Waals surface area contributed by atoms with Gasteiger partial charge in [0.25, 0.3) is 5.91 Å². The van der Waals surface area contributed by atoms with Crippen molar-refractivity contribution in [2.75, 3.05) is 40.0 Å². The largest absolute Gasteiger partial charge is 0.493 e. The molecule has 1 aromatic rings. The van der Waals surface area contributed by atoms with Gasteiger partial charge in [-0.2, -0.15) is 0 Å². The van der Waals surface area contributed by atoms with Crippen LogP contribution in [0.15, 0.2) is 12.1 Å². The molecule has 0 saturated carbocycles. The lowest BCUT2D eigenvalue weighted by atomic mass is 10.2. The molecule has 1 rings (SSSR count). The van der Waals surface area contributed by atoms with Crippen LogP contribution in [0.5, 0.6) is 11.5 Å². The summed E-state index contributed by atoms with van der Waals surface area (Å²) in [4.78, 5) is 10.8. The van der Waals surface area contributed by atoms with Crippen LogP contribution in [-0.4, -0.2) is 51.0 Å². The van der Waals surface area contributed by atoms with E-state index in [4.69, 9.17) is 31.9 Å². The van der Waals surface area contributed by atoms with Gasteiger partial charge in [-0.25, -0.2) is 0 Å². The molecule has 140 valence electrons. The second-order valence-corrected chi connectivity index (χ2v) is 4.92. The number of rotatable bonds is 11. The number of nitrogens with one attached hydrogen (secondary N) is 2. The topological polar surface area (TPSA) is 106 Å². The van der Waals surface area contributed by atoms with Gasteiger partial charge in [-0.05, 0) is 17.7 Å². The highest BCUT2D eigenvalue weighted by molar-refractivity contribution is 6.32. The van der Waals surface area contributed by atoms with Gasteiger partial charge in [0, 0.05) is 26.2 Å². The van der Waals surface area contributed by atoms with Gasteiger partial charge < -0.3 is 30.9 Å². The smallest absolute Gasteiger partial charge is 0.255 e. The van der Waals surface area contributed by atoms with Gasteiger partial charge >= 0.3 is 0 Å². The number of aliphatic hydroxyl groups excluding tert-OH is 1. The van der Waals surface area contributed by atoms with Gasteiger partial charge in [0.05, 0.1) is 18.7 Å². The van der Waals surface area contributed by atoms with Crippen molar-refractivity contribution in [1.82, 2.24) is 10.6 Å². The van der Waals surface area contributed by atoms with Gasteiger partial charge in [-0.1, -0.05) is 11.6 Å². The third-order valence-corrected chi connectivity index (χ3v) is 3.03. The zero-order valence-electron chi connectivity index (χ0n) is 13.3. The van der Waals surface area contributed by atoms with Crippen LogP contribution in [-0.2, 0) is 11.3 Å². The predicted octanol–water partition coefficient (Wildman–Crippen LogP) is 0.728. The Hall–Kier alpha value is -0.960. The standard InChI is InChI=1S/C14H22ClN3O4.2ClH/c1-21-12-7-10(8-18-3-2-17-4-5-19)6-11(15)14(12)22-9-13(16)20;;/h6-7,17-19H,2-5,8-9H2,1H3,(H2,16,20);2*1H. The number of hydrogen-bond donors (Lipinski definition) is 4. The number of halogens is 3. The molecule has 0 aromatic heterocycles. The number of ether oxygens (including phenoxy) is 2. The van der Waals surface area contributed by atoms with Crippen molar-refractivity contribution >= 4 is 42.3 Å². The van der Waals surface area contributed by atoms with Crippen molar-refractivity contribution in [1.29, 1.82) is 0 Å². The lowest BCUT2D eigenvalue weighted by Crippen LogP contribution is -2.28. The number of amides is 1. The first kappa shape index (κ1) is 25.3. The van der Waals surface area contributed by atoms with E-state index in [0.717, 1.165) is 18.7 Å². The molecular weight excluding hydrogens is 381 g/mol. The second-order valence-electron chi connectivity index (χ2n) is 4.51. The van der Waals surface area contributed by atoms with E-state index in [0.29, 0.717) is 29.6 Å². The zero-order chi connectivity index (χ0) is 16.4. The van der Waals surface area contributed by atoms with Gasteiger partial charge in [-0.15, -0.1) is 24.8 Å². The molecule has 0 aliphatic carbocycles. The van der Waals surface area contributed by atoms with Crippen molar-refractivity contribution in [3.8, 4) is 11.5 Å². The Labute approximate surface area is 159 Å². The first-order valence-electron chi connectivity index (χ1n) is 6.88. The van der Waals surface area contributed by atoms with Crippen LogP contribution in [0, 0.1) is 0 Å². The van der Waals surface area contributed by atoms with Crippen LogP contribution < -0.4 is 25.8 Å². The molecule has 0 spiro atoms. The van der Waals surface area contributed by atoms with Crippen LogP contribution in [0.1, 0.15) is 5.56 Å². The van der Waals surface area contributed by atoms with Crippen LogP contribution in [0.25, 0.3) is 0 Å². The fourth-order valence-corrected chi connectivity index (χ4v) is 2.06. The summed E-state index contributed by atoms with van der Waals surface area (Å²) in [6.45, 7) is 2.55. The second kappa shape index (κ2) is 14.4. The molecule has 0 unspecified atom stereocenters. The van der Waals surface area contributed by atoms with Gasteiger partial charge in [0.15, 0.2) is 18.1 Å². The average Bonchev–Trinajstić information content (AvgIpc) is 2.48. The van der Waals surface area contributed by atoms with Gasteiger partial charge in [0.2, 0.25) is 0 Å². The molecular formula is C14H24Cl3N3O4. The lowest BCUT2D eigenvalue weighted by Gasteiger charge is -2.14. The lowest BCUT2D eigenvalue weighted by molar-refractivity contribution is -0.119. The van der Waals surface area contributed by atoms with Crippen LogP contribution in [0.4, 0.5) is 0 Å². The highest BCUT2D eigenvalue weighted by Gasteiger charge is 2.13. The van der Waals surface area contributed by atoms with Crippen LogP contribution in [0.3, 0.4) is 0 Å². The number of aliphatic hydroxyl groups is 1. The van der Waals surface area contributed by atoms with Crippen molar-refractivity contribution in [2.45, 2.75) is 6.54 Å². The number of carbonyl (C=O) groups excluding carboxylic acids is 1. The fourth-order valence-electron chi connectivity index (χ4n) is 1.77. The van der Waals surface area contributed by atoms with Crippen LogP contribution in [0.2, 0.25) is 5.02 Å². The minimum atomic E-state index is -0.584. The predicted molar refractivity (Wildman–Crippen MR) is 98.9 cm³/mol. The van der Waals surface area contributed by atoms with E-state index in [-0.39, 0.29) is 38.0 Å². The fraction of sp³-hybridized carbons (Fsp3) is 0.500. The first-order chi connectivity index (χ1) is 10.6. The minimum Gasteiger partial charge on any atom is -0.493 e. The summed E-state index contributed by atoms with van der Waals surface area (Å²) >= 11 is 6.15. The maximum Gasteiger partial charge on any atom is 0.255 e. The molecule has 0 heterocycles. The molecule has 1 aromatic carbocycles. The Kier molecular flexibility index (Phi) is 15.2. The summed E-state index contributed by atoms with van der Waals surface area (Å²) in [7, 11) is 1.50. The molecule has 1 amide bonds. The molecule has 5 N–H and O–H groups in total. The molecule has 0 aliphatic rings. The molecule has 0 atom stereocenters. The molecule has 7 nitrogen and oxygen atoms in total. The molecule has 24 heavy (non-hydrogen) atoms. The van der Waals surface area contributed by atoms with E-state index in [1.807, 2.05) is 0 Å². The molecule has 0 radical (unpaired) electrons. The first-order valence-corrected chi connectivity index (χ1v) is 7.26. The summed E-state index contributed by atoms with van der Waals surface area (Å²) in [6, 6.07) is 3.53. The van der Waals surface area contributed by atoms with E-state index in [2.05, 4.69) is 10.6 Å². The SMILES string of the molecule is COc1cc(CNCCNCCO)cc(Cl)c1OCC(N)=O.Cl.Cl. The summed E-state index contributed by atoms with van der Waals surface area (Å²) in [6.07, 6.45) is 0. The van der Waals surface area contributed by atoms with E-state index >= 15 is 0 Å². The normalized spacial score (nSPS) is 9.62. The number of methoxy groups -OCH3 is 1. The third-order valence-electron chi connectivity index (χ3n) is 2.74. The Morgan fingerprint density at radius 1 is 1.25 bits per heavy atom. The Balaban J connectivity index is 0. The van der Waals surface area contributed by atoms with Gasteiger partial charge in [-0.3, -0.25) is 4.79 Å². The van der Waals surface area contributed by atoms with Crippen molar-refractivity contribution in [3.05, 3.63) is 22.7 Å². The van der Waals surface area contributed by atoms with Crippen molar-refractivity contribution in [3.63, 3.8) is 0 Å². The highest BCUT2D eigenvalue weighted by atomic mass is 35.5. The number of carbonyl (C=O) groups is 1. The van der Waals surface area contributed by atoms with Crippen LogP contribution >= 0.6 is 36.4 Å². The molecule has 0 saturated heterocycles. The highest BCUT2D eigenvalue weighted by Crippen LogP contribution is 2.36.